The van der Waals surface area contributed by atoms with Crippen molar-refractivity contribution < 1.29 is 9.53 Å². The number of likely N-dealkylation sites (tertiary alicyclic amines) is 1. The van der Waals surface area contributed by atoms with Crippen LogP contribution in [-0.4, -0.2) is 73.7 Å². The molecule has 2 rings (SSSR count). The molecule has 0 aromatic heterocycles. The number of carbonyl (C=O) groups excluding carboxylic acids is 1. The fourth-order valence-corrected chi connectivity index (χ4v) is 3.84. The molecule has 0 aliphatic carbocycles. The number of amides is 1. The third-order valence-corrected chi connectivity index (χ3v) is 5.07. The molecular weight excluding hydrogens is 302 g/mol. The van der Waals surface area contributed by atoms with Crippen LogP contribution in [0.25, 0.3) is 0 Å². The summed E-state index contributed by atoms with van der Waals surface area (Å²) < 4.78 is 5.48. The minimum atomic E-state index is 0.0424. The van der Waals surface area contributed by atoms with Gasteiger partial charge in [0, 0.05) is 44.3 Å². The molecule has 1 atom stereocenters. The Labute approximate surface area is 147 Å². The summed E-state index contributed by atoms with van der Waals surface area (Å²) in [6.45, 7) is 16.5. The third-order valence-electron chi connectivity index (χ3n) is 5.07. The summed E-state index contributed by atoms with van der Waals surface area (Å²) in [6, 6.07) is 0. The fraction of sp³-hybridized carbons (Fsp3) is 0.842. The molecule has 1 unspecified atom stereocenters. The third kappa shape index (κ3) is 6.19. The SMILES string of the molecule is CC(C)=CC(=O)NCC1CCCN(CC(C)(C)N2CCOCC2)C1. The van der Waals surface area contributed by atoms with Gasteiger partial charge < -0.3 is 15.0 Å². The van der Waals surface area contributed by atoms with E-state index in [0.29, 0.717) is 5.92 Å². The smallest absolute Gasteiger partial charge is 0.243 e. The number of morpholine rings is 1. The monoisotopic (exact) mass is 337 g/mol. The molecule has 2 fully saturated rings. The van der Waals surface area contributed by atoms with Gasteiger partial charge in [0.1, 0.15) is 0 Å². The number of nitrogens with one attached hydrogen (secondary N) is 1. The Morgan fingerprint density at radius 2 is 1.96 bits per heavy atom. The van der Waals surface area contributed by atoms with Crippen LogP contribution in [0.15, 0.2) is 11.6 Å². The molecule has 2 heterocycles. The van der Waals surface area contributed by atoms with E-state index in [0.717, 1.165) is 51.5 Å². The van der Waals surface area contributed by atoms with Crippen molar-refractivity contribution in [3.8, 4) is 0 Å². The van der Waals surface area contributed by atoms with Crippen LogP contribution >= 0.6 is 0 Å². The molecule has 5 heteroatoms. The fourth-order valence-electron chi connectivity index (χ4n) is 3.84. The zero-order chi connectivity index (χ0) is 17.6. The van der Waals surface area contributed by atoms with Gasteiger partial charge in [0.25, 0.3) is 0 Å². The Kier molecular flexibility index (Phi) is 7.26. The van der Waals surface area contributed by atoms with E-state index in [1.807, 2.05) is 13.8 Å². The van der Waals surface area contributed by atoms with E-state index in [4.69, 9.17) is 4.74 Å². The van der Waals surface area contributed by atoms with Gasteiger partial charge in [0.15, 0.2) is 0 Å². The van der Waals surface area contributed by atoms with Gasteiger partial charge in [-0.15, -0.1) is 0 Å². The van der Waals surface area contributed by atoms with Crippen LogP contribution in [0.1, 0.15) is 40.5 Å². The van der Waals surface area contributed by atoms with Crippen LogP contribution in [0.5, 0.6) is 0 Å². The first-order chi connectivity index (χ1) is 11.4. The minimum absolute atomic E-state index is 0.0424. The average molecular weight is 338 g/mol. The van der Waals surface area contributed by atoms with Crippen molar-refractivity contribution in [1.82, 2.24) is 15.1 Å². The van der Waals surface area contributed by atoms with Gasteiger partial charge >= 0.3 is 0 Å². The number of rotatable bonds is 6. The maximum Gasteiger partial charge on any atom is 0.243 e. The lowest BCUT2D eigenvalue weighted by Crippen LogP contribution is -2.56. The second-order valence-corrected chi connectivity index (χ2v) is 8.12. The number of allylic oxidation sites excluding steroid dienone is 1. The second kappa shape index (κ2) is 8.97. The summed E-state index contributed by atoms with van der Waals surface area (Å²) in [4.78, 5) is 16.9. The summed E-state index contributed by atoms with van der Waals surface area (Å²) in [6.07, 6.45) is 4.12. The Balaban J connectivity index is 1.79. The van der Waals surface area contributed by atoms with Crippen molar-refractivity contribution in [1.29, 1.82) is 0 Å². The highest BCUT2D eigenvalue weighted by Gasteiger charge is 2.32. The molecular formula is C19H35N3O2. The molecule has 24 heavy (non-hydrogen) atoms. The molecule has 1 N–H and O–H groups in total. The molecule has 2 aliphatic rings. The lowest BCUT2D eigenvalue weighted by atomic mass is 9.94. The van der Waals surface area contributed by atoms with Crippen molar-refractivity contribution in [2.24, 2.45) is 5.92 Å². The van der Waals surface area contributed by atoms with E-state index in [1.54, 1.807) is 6.08 Å². The Hall–Kier alpha value is -0.910. The zero-order valence-electron chi connectivity index (χ0n) is 15.9. The van der Waals surface area contributed by atoms with Gasteiger partial charge in [-0.3, -0.25) is 9.69 Å². The predicted octanol–water partition coefficient (Wildman–Crippen LogP) is 1.89. The summed E-state index contributed by atoms with van der Waals surface area (Å²) in [5.74, 6) is 0.606. The van der Waals surface area contributed by atoms with E-state index in [-0.39, 0.29) is 11.4 Å². The number of carbonyl (C=O) groups is 1. The van der Waals surface area contributed by atoms with E-state index in [2.05, 4.69) is 29.0 Å². The molecule has 0 bridgehead atoms. The lowest BCUT2D eigenvalue weighted by molar-refractivity contribution is -0.116. The molecule has 0 aromatic rings. The van der Waals surface area contributed by atoms with Crippen LogP contribution in [0.4, 0.5) is 0 Å². The molecule has 138 valence electrons. The molecule has 0 radical (unpaired) electrons. The standard InChI is InChI=1S/C19H35N3O2/c1-16(2)12-18(23)20-13-17-6-5-7-21(14-17)15-19(3,4)22-8-10-24-11-9-22/h12,17H,5-11,13-15H2,1-4H3,(H,20,23). The molecule has 0 saturated carbocycles. The van der Waals surface area contributed by atoms with Gasteiger partial charge in [-0.25, -0.2) is 0 Å². The maximum absolute atomic E-state index is 11.8. The Bertz CT molecular complexity index is 438. The van der Waals surface area contributed by atoms with Crippen LogP contribution in [0, 0.1) is 5.92 Å². The normalized spacial score (nSPS) is 23.8. The highest BCUT2D eigenvalue weighted by atomic mass is 16.5. The topological polar surface area (TPSA) is 44.8 Å². The molecule has 1 amide bonds. The molecule has 0 aromatic carbocycles. The van der Waals surface area contributed by atoms with Crippen molar-refractivity contribution in [3.63, 3.8) is 0 Å². The largest absolute Gasteiger partial charge is 0.379 e. The van der Waals surface area contributed by atoms with Crippen molar-refractivity contribution in [2.45, 2.75) is 46.1 Å². The number of nitrogens with zero attached hydrogens (tertiary/aromatic N) is 2. The molecule has 5 nitrogen and oxygen atoms in total. The summed E-state index contributed by atoms with van der Waals surface area (Å²) in [7, 11) is 0. The number of hydrogen-bond acceptors (Lipinski definition) is 4. The van der Waals surface area contributed by atoms with Gasteiger partial charge in [-0.1, -0.05) is 5.57 Å². The summed E-state index contributed by atoms with van der Waals surface area (Å²) in [5.41, 5.74) is 1.22. The molecule has 0 spiro atoms. The van der Waals surface area contributed by atoms with Gasteiger partial charge in [0.05, 0.1) is 13.2 Å². The first kappa shape index (κ1) is 19.4. The van der Waals surface area contributed by atoms with Crippen LogP contribution in [0.2, 0.25) is 0 Å². The summed E-state index contributed by atoms with van der Waals surface area (Å²) in [5, 5.41) is 3.06. The second-order valence-electron chi connectivity index (χ2n) is 8.12. The van der Waals surface area contributed by atoms with Crippen molar-refractivity contribution >= 4 is 5.91 Å². The number of hydrogen-bond donors (Lipinski definition) is 1. The van der Waals surface area contributed by atoms with Gasteiger partial charge in [-0.05, 0) is 53.0 Å². The van der Waals surface area contributed by atoms with Crippen LogP contribution < -0.4 is 5.32 Å². The minimum Gasteiger partial charge on any atom is -0.379 e. The molecule has 2 saturated heterocycles. The first-order valence-electron chi connectivity index (χ1n) is 9.35. The number of piperidine rings is 1. The Morgan fingerprint density at radius 3 is 2.62 bits per heavy atom. The summed E-state index contributed by atoms with van der Waals surface area (Å²) >= 11 is 0. The van der Waals surface area contributed by atoms with Crippen molar-refractivity contribution in [3.05, 3.63) is 11.6 Å². The predicted molar refractivity (Wildman–Crippen MR) is 98.1 cm³/mol. The van der Waals surface area contributed by atoms with E-state index >= 15 is 0 Å². The van der Waals surface area contributed by atoms with E-state index < -0.39 is 0 Å². The average Bonchev–Trinajstić information content (AvgIpc) is 2.53. The highest BCUT2D eigenvalue weighted by Crippen LogP contribution is 2.22. The van der Waals surface area contributed by atoms with Crippen LogP contribution in [0.3, 0.4) is 0 Å². The van der Waals surface area contributed by atoms with E-state index in [1.165, 1.54) is 19.4 Å². The van der Waals surface area contributed by atoms with Gasteiger partial charge in [0.2, 0.25) is 5.91 Å². The molecule has 2 aliphatic heterocycles. The quantitative estimate of drug-likeness (QED) is 0.752. The van der Waals surface area contributed by atoms with Gasteiger partial charge in [-0.2, -0.15) is 0 Å². The van der Waals surface area contributed by atoms with Crippen LogP contribution in [-0.2, 0) is 9.53 Å². The lowest BCUT2D eigenvalue weighted by Gasteiger charge is -2.45. The number of ether oxygens (including phenoxy) is 1. The van der Waals surface area contributed by atoms with E-state index in [9.17, 15) is 4.79 Å². The first-order valence-corrected chi connectivity index (χ1v) is 9.35. The maximum atomic E-state index is 11.8. The Morgan fingerprint density at radius 1 is 1.25 bits per heavy atom. The van der Waals surface area contributed by atoms with Crippen molar-refractivity contribution in [2.75, 3.05) is 52.5 Å². The zero-order valence-corrected chi connectivity index (χ0v) is 15.9. The highest BCUT2D eigenvalue weighted by molar-refractivity contribution is 5.87.